The molecule has 5 unspecified atom stereocenters. The fourth-order valence-corrected chi connectivity index (χ4v) is 4.59. The molecule has 1 fully saturated rings. The molecule has 170 valence electrons. The zero-order chi connectivity index (χ0) is 22.1. The zero-order valence-corrected chi connectivity index (χ0v) is 18.8. The third kappa shape index (κ3) is 6.74. The van der Waals surface area contributed by atoms with Crippen LogP contribution < -0.4 is 22.1 Å². The first-order chi connectivity index (χ1) is 14.3. The molecule has 6 atom stereocenters. The Morgan fingerprint density at radius 1 is 1.43 bits per heavy atom. The van der Waals surface area contributed by atoms with E-state index in [4.69, 9.17) is 26.5 Å². The van der Waals surface area contributed by atoms with Crippen LogP contribution in [0.2, 0.25) is 0 Å². The lowest BCUT2D eigenvalue weighted by Gasteiger charge is -2.38. The molecule has 1 saturated heterocycles. The summed E-state index contributed by atoms with van der Waals surface area (Å²) in [5.74, 6) is -0.690. The van der Waals surface area contributed by atoms with Crippen molar-refractivity contribution in [3.05, 3.63) is 0 Å². The summed E-state index contributed by atoms with van der Waals surface area (Å²) in [5, 5.41) is 15.6. The molecule has 2 aliphatic rings. The Morgan fingerprint density at radius 3 is 2.83 bits per heavy atom. The number of nitrogens with one attached hydrogen (secondary N) is 2. The molecule has 6 N–H and O–H groups in total. The summed E-state index contributed by atoms with van der Waals surface area (Å²) in [6, 6.07) is 1.83. The van der Waals surface area contributed by atoms with Gasteiger partial charge in [-0.25, -0.2) is 0 Å². The minimum Gasteiger partial charge on any atom is -0.376 e. The molecule has 0 bridgehead atoms. The smallest absolute Gasteiger partial charge is 0.228 e. The van der Waals surface area contributed by atoms with Crippen LogP contribution in [0.15, 0.2) is 4.99 Å². The number of carbonyl (C=O) groups excluding carboxylic acids is 1. The van der Waals surface area contributed by atoms with E-state index in [1.807, 2.05) is 13.1 Å². The van der Waals surface area contributed by atoms with E-state index in [0.29, 0.717) is 19.6 Å². The van der Waals surface area contributed by atoms with Crippen molar-refractivity contribution in [1.82, 2.24) is 10.6 Å². The molecular formula is C22H40N6O2. The Kier molecular flexibility index (Phi) is 9.69. The van der Waals surface area contributed by atoms with Crippen molar-refractivity contribution >= 4 is 12.1 Å². The number of rotatable bonds is 8. The molecule has 0 spiro atoms. The molecule has 2 aliphatic heterocycles. The molecular weight excluding hydrogens is 380 g/mol. The van der Waals surface area contributed by atoms with Gasteiger partial charge in [0, 0.05) is 31.7 Å². The van der Waals surface area contributed by atoms with Gasteiger partial charge in [-0.3, -0.25) is 9.79 Å². The number of hydrogen-bond donors (Lipinski definition) is 4. The number of piperidine rings is 1. The van der Waals surface area contributed by atoms with E-state index in [1.165, 1.54) is 0 Å². The highest BCUT2D eigenvalue weighted by atomic mass is 16.5. The number of carbonyl (C=O) groups is 1. The second-order valence-corrected chi connectivity index (χ2v) is 9.10. The van der Waals surface area contributed by atoms with Gasteiger partial charge in [-0.2, -0.15) is 5.26 Å². The summed E-state index contributed by atoms with van der Waals surface area (Å²) in [6.07, 6.45) is 5.97. The average Bonchev–Trinajstić information content (AvgIpc) is 2.70. The highest BCUT2D eigenvalue weighted by molar-refractivity contribution is 5.81. The normalized spacial score (nSPS) is 34.4. The van der Waals surface area contributed by atoms with E-state index < -0.39 is 12.1 Å². The Hall–Kier alpha value is -1.53. The van der Waals surface area contributed by atoms with Crippen molar-refractivity contribution < 1.29 is 9.53 Å². The first-order valence-electron chi connectivity index (χ1n) is 11.4. The lowest BCUT2D eigenvalue weighted by molar-refractivity contribution is -0.129. The van der Waals surface area contributed by atoms with Gasteiger partial charge in [0.15, 0.2) is 0 Å². The number of hydrogen-bond acceptors (Lipinski definition) is 7. The number of ether oxygens (including phenoxy) is 1. The second-order valence-electron chi connectivity index (χ2n) is 9.10. The van der Waals surface area contributed by atoms with Crippen LogP contribution in [0, 0.1) is 28.6 Å². The first kappa shape index (κ1) is 24.7. The van der Waals surface area contributed by atoms with Crippen LogP contribution in [0.4, 0.5) is 0 Å². The van der Waals surface area contributed by atoms with Gasteiger partial charge < -0.3 is 26.8 Å². The van der Waals surface area contributed by atoms with Crippen molar-refractivity contribution in [2.75, 3.05) is 19.7 Å². The topological polar surface area (TPSA) is 139 Å². The Balaban J connectivity index is 2.22. The van der Waals surface area contributed by atoms with Gasteiger partial charge in [-0.15, -0.1) is 0 Å². The van der Waals surface area contributed by atoms with Crippen LogP contribution in [-0.4, -0.2) is 56.2 Å². The summed E-state index contributed by atoms with van der Waals surface area (Å²) in [5.41, 5.74) is 12.3. The van der Waals surface area contributed by atoms with Gasteiger partial charge >= 0.3 is 0 Å². The maximum atomic E-state index is 13.3. The molecule has 0 radical (unpaired) electrons. The van der Waals surface area contributed by atoms with Crippen LogP contribution in [0.5, 0.6) is 0 Å². The molecule has 0 saturated carbocycles. The number of nitrogens with two attached hydrogens (primary N) is 2. The summed E-state index contributed by atoms with van der Waals surface area (Å²) >= 11 is 0. The van der Waals surface area contributed by atoms with Gasteiger partial charge in [-0.05, 0) is 44.6 Å². The number of nitrogens with zero attached hydrogens (tertiary/aromatic N) is 2. The van der Waals surface area contributed by atoms with Crippen molar-refractivity contribution in [2.45, 2.75) is 83.6 Å². The molecule has 8 nitrogen and oxygen atoms in total. The van der Waals surface area contributed by atoms with E-state index in [1.54, 1.807) is 0 Å². The predicted molar refractivity (Wildman–Crippen MR) is 119 cm³/mol. The van der Waals surface area contributed by atoms with Crippen LogP contribution in [0.3, 0.4) is 0 Å². The van der Waals surface area contributed by atoms with Gasteiger partial charge in [0.2, 0.25) is 5.91 Å². The van der Waals surface area contributed by atoms with Crippen LogP contribution in [0.1, 0.15) is 59.3 Å². The lowest BCUT2D eigenvalue weighted by Crippen LogP contribution is -2.60. The van der Waals surface area contributed by atoms with E-state index in [0.717, 1.165) is 38.6 Å². The predicted octanol–water partition coefficient (Wildman–Crippen LogP) is 1.30. The summed E-state index contributed by atoms with van der Waals surface area (Å²) in [6.45, 7) is 8.51. The minimum absolute atomic E-state index is 0.0170. The third-order valence-electron chi connectivity index (χ3n) is 6.78. The average molecular weight is 421 g/mol. The van der Waals surface area contributed by atoms with E-state index >= 15 is 0 Å². The molecule has 0 aromatic rings. The number of amides is 1. The fraction of sp³-hybridized carbons (Fsp3) is 0.864. The van der Waals surface area contributed by atoms with E-state index in [-0.39, 0.29) is 35.4 Å². The van der Waals surface area contributed by atoms with Crippen molar-refractivity contribution in [2.24, 2.45) is 33.7 Å². The maximum absolute atomic E-state index is 13.3. The van der Waals surface area contributed by atoms with Crippen molar-refractivity contribution in [1.29, 1.82) is 5.26 Å². The standard InChI is InChI=1S/C22H40N6O2/c1-4-22(3)9-6-15(7-10-23)13-27-16(12-22)19(20(24)25)21(29)28-17-14-26-11-8-18(17)30-5-2/h13,15-20,26H,4-9,11-12,14,24-25H2,1-3H3,(H,28,29)/b27-13-/t15?,16?,17?,18?,19?,22-/m1/s1. The highest BCUT2D eigenvalue weighted by Gasteiger charge is 2.39. The molecule has 30 heavy (non-hydrogen) atoms. The Bertz CT molecular complexity index is 617. The van der Waals surface area contributed by atoms with Crippen LogP contribution in [0.25, 0.3) is 0 Å². The Labute approximate surface area is 181 Å². The van der Waals surface area contributed by atoms with Gasteiger partial charge in [0.1, 0.15) is 0 Å². The Morgan fingerprint density at radius 2 is 2.20 bits per heavy atom. The molecule has 1 amide bonds. The quantitative estimate of drug-likeness (QED) is 0.437. The minimum atomic E-state index is -0.816. The zero-order valence-electron chi connectivity index (χ0n) is 18.8. The summed E-state index contributed by atoms with van der Waals surface area (Å²) < 4.78 is 5.83. The third-order valence-corrected chi connectivity index (χ3v) is 6.78. The van der Waals surface area contributed by atoms with Crippen LogP contribution in [-0.2, 0) is 9.53 Å². The second kappa shape index (κ2) is 11.8. The van der Waals surface area contributed by atoms with Gasteiger partial charge in [0.05, 0.1) is 36.3 Å². The number of nitriles is 1. The monoisotopic (exact) mass is 420 g/mol. The molecule has 2 heterocycles. The van der Waals surface area contributed by atoms with Gasteiger partial charge in [-0.1, -0.05) is 20.3 Å². The summed E-state index contributed by atoms with van der Waals surface area (Å²) in [4.78, 5) is 18.1. The van der Waals surface area contributed by atoms with Crippen molar-refractivity contribution in [3.8, 4) is 6.07 Å². The SMILES string of the molecule is CCOC1CCNCC1NC(=O)C(C(N)N)C1C[C@](C)(CC)CCC(CC#N)/C=N\1. The van der Waals surface area contributed by atoms with Crippen LogP contribution >= 0.6 is 0 Å². The molecule has 0 aromatic heterocycles. The lowest BCUT2D eigenvalue weighted by atomic mass is 9.72. The maximum Gasteiger partial charge on any atom is 0.228 e. The highest BCUT2D eigenvalue weighted by Crippen LogP contribution is 2.38. The molecule has 8 heteroatoms. The fourth-order valence-electron chi connectivity index (χ4n) is 4.59. The molecule has 2 rings (SSSR count). The molecule has 0 aliphatic carbocycles. The van der Waals surface area contributed by atoms with E-state index in [2.05, 4.69) is 30.6 Å². The molecule has 0 aromatic carbocycles. The van der Waals surface area contributed by atoms with Gasteiger partial charge in [0.25, 0.3) is 0 Å². The first-order valence-corrected chi connectivity index (χ1v) is 11.4. The van der Waals surface area contributed by atoms with E-state index in [9.17, 15) is 4.79 Å². The summed E-state index contributed by atoms with van der Waals surface area (Å²) in [7, 11) is 0. The largest absolute Gasteiger partial charge is 0.376 e. The van der Waals surface area contributed by atoms with Crippen molar-refractivity contribution in [3.63, 3.8) is 0 Å². The number of aliphatic imine (C=N–C) groups is 1.